The van der Waals surface area contributed by atoms with Crippen LogP contribution in [0, 0.1) is 5.82 Å². The minimum Gasteiger partial charge on any atom is -0.493 e. The molecule has 170 valence electrons. The summed E-state index contributed by atoms with van der Waals surface area (Å²) in [5.41, 5.74) is 1.60. The Bertz CT molecular complexity index is 1360. The van der Waals surface area contributed by atoms with E-state index in [1.807, 2.05) is 16.8 Å². The highest BCUT2D eigenvalue weighted by Crippen LogP contribution is 2.31. The SMILES string of the molecule is COc1ccc(-c2ccc(=O)n(CC(=O)NCCn3ccc4ccc(F)cc43)n2)cc1OC. The molecular weight excluding hydrogens is 427 g/mol. The van der Waals surface area contributed by atoms with Crippen LogP contribution < -0.4 is 20.3 Å². The molecule has 4 rings (SSSR count). The van der Waals surface area contributed by atoms with Gasteiger partial charge in [0.15, 0.2) is 11.5 Å². The molecular formula is C24H23FN4O4. The van der Waals surface area contributed by atoms with Crippen LogP contribution in [0.1, 0.15) is 0 Å². The number of hydrogen-bond acceptors (Lipinski definition) is 5. The Morgan fingerprint density at radius 3 is 2.64 bits per heavy atom. The molecule has 0 aliphatic heterocycles. The molecule has 0 fully saturated rings. The zero-order valence-corrected chi connectivity index (χ0v) is 18.2. The van der Waals surface area contributed by atoms with Gasteiger partial charge in [0.2, 0.25) is 5.91 Å². The molecule has 0 unspecified atom stereocenters. The van der Waals surface area contributed by atoms with E-state index in [1.165, 1.54) is 25.3 Å². The largest absolute Gasteiger partial charge is 0.493 e. The molecule has 8 nitrogen and oxygen atoms in total. The summed E-state index contributed by atoms with van der Waals surface area (Å²) in [7, 11) is 3.08. The zero-order valence-electron chi connectivity index (χ0n) is 18.2. The number of fused-ring (bicyclic) bond motifs is 1. The van der Waals surface area contributed by atoms with Crippen LogP contribution in [0.4, 0.5) is 4.39 Å². The highest BCUT2D eigenvalue weighted by molar-refractivity contribution is 5.80. The van der Waals surface area contributed by atoms with E-state index in [1.54, 1.807) is 37.4 Å². The van der Waals surface area contributed by atoms with Crippen molar-refractivity contribution in [3.8, 4) is 22.8 Å². The highest BCUT2D eigenvalue weighted by atomic mass is 19.1. The molecule has 0 saturated heterocycles. The first-order valence-electron chi connectivity index (χ1n) is 10.3. The second-order valence-corrected chi connectivity index (χ2v) is 7.35. The van der Waals surface area contributed by atoms with Crippen molar-refractivity contribution >= 4 is 16.8 Å². The lowest BCUT2D eigenvalue weighted by Gasteiger charge is -2.11. The molecule has 2 aromatic carbocycles. The topological polar surface area (TPSA) is 87.4 Å². The van der Waals surface area contributed by atoms with Crippen LogP contribution in [0.15, 0.2) is 65.6 Å². The maximum atomic E-state index is 13.5. The lowest BCUT2D eigenvalue weighted by Crippen LogP contribution is -2.35. The molecule has 4 aromatic rings. The third kappa shape index (κ3) is 4.87. The molecule has 0 saturated carbocycles. The van der Waals surface area contributed by atoms with Gasteiger partial charge in [-0.1, -0.05) is 0 Å². The molecule has 33 heavy (non-hydrogen) atoms. The standard InChI is InChI=1S/C24H23FN4O4/c1-32-21-7-4-17(13-22(21)33-2)19-6-8-24(31)29(27-19)15-23(30)26-10-12-28-11-9-16-3-5-18(25)14-20(16)28/h3-9,11,13-14H,10,12,15H2,1-2H3,(H,26,30). The molecule has 1 amide bonds. The summed E-state index contributed by atoms with van der Waals surface area (Å²) in [6.07, 6.45) is 1.84. The molecule has 0 radical (unpaired) electrons. The van der Waals surface area contributed by atoms with Crippen molar-refractivity contribution in [2.24, 2.45) is 0 Å². The van der Waals surface area contributed by atoms with Crippen LogP contribution >= 0.6 is 0 Å². The van der Waals surface area contributed by atoms with Crippen LogP contribution in [0.5, 0.6) is 11.5 Å². The fourth-order valence-corrected chi connectivity index (χ4v) is 3.57. The Morgan fingerprint density at radius 1 is 1.03 bits per heavy atom. The first-order valence-corrected chi connectivity index (χ1v) is 10.3. The first kappa shape index (κ1) is 22.1. The number of rotatable bonds is 8. The van der Waals surface area contributed by atoms with Crippen molar-refractivity contribution in [1.82, 2.24) is 19.7 Å². The van der Waals surface area contributed by atoms with Gasteiger partial charge in [-0.2, -0.15) is 5.10 Å². The van der Waals surface area contributed by atoms with Gasteiger partial charge in [0.25, 0.3) is 5.56 Å². The van der Waals surface area contributed by atoms with E-state index in [0.717, 1.165) is 15.6 Å². The van der Waals surface area contributed by atoms with Gasteiger partial charge in [0.05, 0.1) is 25.4 Å². The normalized spacial score (nSPS) is 10.9. The summed E-state index contributed by atoms with van der Waals surface area (Å²) in [5.74, 6) is 0.444. The predicted molar refractivity (Wildman–Crippen MR) is 122 cm³/mol. The van der Waals surface area contributed by atoms with Crippen LogP contribution in [0.25, 0.3) is 22.2 Å². The Balaban J connectivity index is 1.42. The number of ether oxygens (including phenoxy) is 2. The van der Waals surface area contributed by atoms with Crippen molar-refractivity contribution < 1.29 is 18.7 Å². The average molecular weight is 450 g/mol. The first-order chi connectivity index (χ1) is 16.0. The Labute approximate surface area is 189 Å². The van der Waals surface area contributed by atoms with Crippen LogP contribution in [0.2, 0.25) is 0 Å². The molecule has 2 aromatic heterocycles. The average Bonchev–Trinajstić information content (AvgIpc) is 3.22. The molecule has 0 atom stereocenters. The molecule has 0 spiro atoms. The van der Waals surface area contributed by atoms with E-state index in [2.05, 4.69) is 10.4 Å². The second-order valence-electron chi connectivity index (χ2n) is 7.35. The van der Waals surface area contributed by atoms with Crippen molar-refractivity contribution in [1.29, 1.82) is 0 Å². The summed E-state index contributed by atoms with van der Waals surface area (Å²) in [4.78, 5) is 24.7. The number of methoxy groups -OCH3 is 2. The number of carbonyl (C=O) groups is 1. The zero-order chi connectivity index (χ0) is 23.4. The molecule has 9 heteroatoms. The van der Waals surface area contributed by atoms with Crippen molar-refractivity contribution in [3.63, 3.8) is 0 Å². The Kier molecular flexibility index (Phi) is 6.39. The van der Waals surface area contributed by atoms with Gasteiger partial charge in [0.1, 0.15) is 12.4 Å². The van der Waals surface area contributed by atoms with E-state index in [9.17, 15) is 14.0 Å². The van der Waals surface area contributed by atoms with E-state index >= 15 is 0 Å². The van der Waals surface area contributed by atoms with Crippen molar-refractivity contribution in [2.45, 2.75) is 13.1 Å². The van der Waals surface area contributed by atoms with Gasteiger partial charge in [-0.15, -0.1) is 0 Å². The van der Waals surface area contributed by atoms with Crippen LogP contribution in [-0.2, 0) is 17.9 Å². The maximum absolute atomic E-state index is 13.5. The van der Waals surface area contributed by atoms with E-state index in [0.29, 0.717) is 35.8 Å². The predicted octanol–water partition coefficient (Wildman–Crippen LogP) is 2.84. The number of hydrogen-bond donors (Lipinski definition) is 1. The minimum absolute atomic E-state index is 0.221. The summed E-state index contributed by atoms with van der Waals surface area (Å²) in [5, 5.41) is 8.02. The summed E-state index contributed by atoms with van der Waals surface area (Å²) < 4.78 is 27.1. The third-order valence-electron chi connectivity index (χ3n) is 5.25. The van der Waals surface area contributed by atoms with Gasteiger partial charge in [-0.25, -0.2) is 9.07 Å². The van der Waals surface area contributed by atoms with Gasteiger partial charge in [0, 0.05) is 30.9 Å². The van der Waals surface area contributed by atoms with Gasteiger partial charge >= 0.3 is 0 Å². The molecule has 0 bridgehead atoms. The smallest absolute Gasteiger partial charge is 0.267 e. The summed E-state index contributed by atoms with van der Waals surface area (Å²) in [6, 6.07) is 14.7. The number of nitrogens with one attached hydrogen (secondary N) is 1. The summed E-state index contributed by atoms with van der Waals surface area (Å²) >= 11 is 0. The van der Waals surface area contributed by atoms with E-state index in [4.69, 9.17) is 9.47 Å². The maximum Gasteiger partial charge on any atom is 0.267 e. The fourth-order valence-electron chi connectivity index (χ4n) is 3.57. The fraction of sp³-hybridized carbons (Fsp3) is 0.208. The third-order valence-corrected chi connectivity index (χ3v) is 5.25. The number of nitrogens with zero attached hydrogens (tertiary/aromatic N) is 3. The second kappa shape index (κ2) is 9.56. The summed E-state index contributed by atoms with van der Waals surface area (Å²) in [6.45, 7) is 0.566. The number of amides is 1. The van der Waals surface area contributed by atoms with E-state index < -0.39 is 0 Å². The van der Waals surface area contributed by atoms with Crippen LogP contribution in [0.3, 0.4) is 0 Å². The molecule has 0 aliphatic carbocycles. The molecule has 0 aliphatic rings. The molecule has 2 heterocycles. The van der Waals surface area contributed by atoms with Crippen molar-refractivity contribution in [2.75, 3.05) is 20.8 Å². The number of carbonyl (C=O) groups excluding carboxylic acids is 1. The van der Waals surface area contributed by atoms with Crippen LogP contribution in [-0.4, -0.2) is 41.0 Å². The lowest BCUT2D eigenvalue weighted by molar-refractivity contribution is -0.121. The van der Waals surface area contributed by atoms with Crippen molar-refractivity contribution in [3.05, 3.63) is 77.0 Å². The van der Waals surface area contributed by atoms with Gasteiger partial charge in [-0.3, -0.25) is 9.59 Å². The molecule has 1 N–H and O–H groups in total. The number of aromatic nitrogens is 3. The van der Waals surface area contributed by atoms with E-state index in [-0.39, 0.29) is 23.8 Å². The van der Waals surface area contributed by atoms with Gasteiger partial charge < -0.3 is 19.4 Å². The monoisotopic (exact) mass is 450 g/mol. The highest BCUT2D eigenvalue weighted by Gasteiger charge is 2.11. The lowest BCUT2D eigenvalue weighted by atomic mass is 10.1. The number of halogens is 1. The van der Waals surface area contributed by atoms with Gasteiger partial charge in [-0.05, 0) is 53.9 Å². The Hall–Kier alpha value is -4.14. The quantitative estimate of drug-likeness (QED) is 0.446. The Morgan fingerprint density at radius 2 is 1.85 bits per heavy atom. The minimum atomic E-state index is -0.388. The number of benzene rings is 2.